The van der Waals surface area contributed by atoms with Crippen molar-refractivity contribution in [2.45, 2.75) is 26.8 Å². The topological polar surface area (TPSA) is 64.2 Å². The van der Waals surface area contributed by atoms with E-state index in [0.29, 0.717) is 17.4 Å². The van der Waals surface area contributed by atoms with Crippen LogP contribution in [0.5, 0.6) is 0 Å². The number of hydrogen-bond acceptors (Lipinski definition) is 4. The van der Waals surface area contributed by atoms with Crippen LogP contribution >= 0.6 is 12.2 Å². The number of hydrogen-bond donors (Lipinski definition) is 1. The standard InChI is InChI=1S/C12H20N4OS/c1-8(2)16-6-5-14-11(12(16)17)15(4)7-9(3)10(13)18/h5-6,8-9H,7H2,1-4H3,(H2,13,18). The Morgan fingerprint density at radius 3 is 2.67 bits per heavy atom. The van der Waals surface area contributed by atoms with Crippen molar-refractivity contribution >= 4 is 23.0 Å². The third-order valence-corrected chi connectivity index (χ3v) is 3.20. The second-order valence-electron chi connectivity index (χ2n) is 4.74. The van der Waals surface area contributed by atoms with E-state index in [2.05, 4.69) is 4.98 Å². The molecule has 1 aromatic rings. The van der Waals surface area contributed by atoms with Crippen LogP contribution in [0.3, 0.4) is 0 Å². The van der Waals surface area contributed by atoms with Gasteiger partial charge in [-0.15, -0.1) is 0 Å². The van der Waals surface area contributed by atoms with Gasteiger partial charge in [0.25, 0.3) is 5.56 Å². The van der Waals surface area contributed by atoms with Gasteiger partial charge in [-0.05, 0) is 13.8 Å². The van der Waals surface area contributed by atoms with Crippen molar-refractivity contribution in [1.29, 1.82) is 0 Å². The van der Waals surface area contributed by atoms with E-state index in [9.17, 15) is 4.79 Å². The predicted octanol–water partition coefficient (Wildman–Crippen LogP) is 1.18. The van der Waals surface area contributed by atoms with Gasteiger partial charge in [-0.25, -0.2) is 4.98 Å². The van der Waals surface area contributed by atoms with Gasteiger partial charge in [0, 0.05) is 37.9 Å². The first-order chi connectivity index (χ1) is 8.34. The van der Waals surface area contributed by atoms with Crippen LogP contribution < -0.4 is 16.2 Å². The van der Waals surface area contributed by atoms with Crippen LogP contribution in [0.15, 0.2) is 17.2 Å². The molecule has 0 fully saturated rings. The van der Waals surface area contributed by atoms with E-state index in [-0.39, 0.29) is 17.5 Å². The summed E-state index contributed by atoms with van der Waals surface area (Å²) in [7, 11) is 1.82. The quantitative estimate of drug-likeness (QED) is 0.813. The summed E-state index contributed by atoms with van der Waals surface area (Å²) in [6.07, 6.45) is 3.33. The summed E-state index contributed by atoms with van der Waals surface area (Å²) >= 11 is 4.93. The van der Waals surface area contributed by atoms with Crippen LogP contribution in [-0.4, -0.2) is 28.1 Å². The Morgan fingerprint density at radius 1 is 1.56 bits per heavy atom. The molecule has 2 N–H and O–H groups in total. The van der Waals surface area contributed by atoms with E-state index in [0.717, 1.165) is 0 Å². The van der Waals surface area contributed by atoms with Gasteiger partial charge < -0.3 is 15.2 Å². The summed E-state index contributed by atoms with van der Waals surface area (Å²) in [5.74, 6) is 0.466. The van der Waals surface area contributed by atoms with Gasteiger partial charge >= 0.3 is 0 Å². The van der Waals surface area contributed by atoms with Gasteiger partial charge in [0.1, 0.15) is 0 Å². The van der Waals surface area contributed by atoms with Crippen LogP contribution in [0.1, 0.15) is 26.8 Å². The largest absolute Gasteiger partial charge is 0.393 e. The summed E-state index contributed by atoms with van der Waals surface area (Å²) < 4.78 is 1.66. The molecule has 0 aliphatic carbocycles. The molecular weight excluding hydrogens is 248 g/mol. The molecule has 0 aromatic carbocycles. The first-order valence-electron chi connectivity index (χ1n) is 5.92. The van der Waals surface area contributed by atoms with Gasteiger partial charge in [-0.2, -0.15) is 0 Å². The van der Waals surface area contributed by atoms with Crippen molar-refractivity contribution in [2.24, 2.45) is 11.7 Å². The number of anilines is 1. The predicted molar refractivity (Wildman–Crippen MR) is 78.1 cm³/mol. The maximum Gasteiger partial charge on any atom is 0.293 e. The molecule has 0 bridgehead atoms. The van der Waals surface area contributed by atoms with Gasteiger partial charge in [0.05, 0.1) is 4.99 Å². The van der Waals surface area contributed by atoms with E-state index in [4.69, 9.17) is 18.0 Å². The number of nitrogens with two attached hydrogens (primary N) is 1. The Kier molecular flexibility index (Phi) is 4.84. The van der Waals surface area contributed by atoms with Gasteiger partial charge in [-0.1, -0.05) is 19.1 Å². The summed E-state index contributed by atoms with van der Waals surface area (Å²) in [6, 6.07) is 0.112. The molecule has 0 spiro atoms. The van der Waals surface area contributed by atoms with E-state index in [1.165, 1.54) is 0 Å². The molecule has 1 unspecified atom stereocenters. The molecule has 0 aliphatic heterocycles. The molecular formula is C12H20N4OS. The van der Waals surface area contributed by atoms with Crippen LogP contribution in [0.2, 0.25) is 0 Å². The molecule has 0 aliphatic rings. The average molecular weight is 268 g/mol. The minimum Gasteiger partial charge on any atom is -0.393 e. The van der Waals surface area contributed by atoms with Crippen LogP contribution in [0.4, 0.5) is 5.82 Å². The number of aromatic nitrogens is 2. The lowest BCUT2D eigenvalue weighted by atomic mass is 10.2. The molecule has 0 saturated carbocycles. The highest BCUT2D eigenvalue weighted by atomic mass is 32.1. The summed E-state index contributed by atoms with van der Waals surface area (Å²) in [5.41, 5.74) is 5.49. The second kappa shape index (κ2) is 5.95. The lowest BCUT2D eigenvalue weighted by Crippen LogP contribution is -2.36. The lowest BCUT2D eigenvalue weighted by molar-refractivity contribution is 0.571. The van der Waals surface area contributed by atoms with Crippen molar-refractivity contribution in [3.05, 3.63) is 22.7 Å². The molecule has 1 aromatic heterocycles. The number of thiocarbonyl (C=S) groups is 1. The number of nitrogens with zero attached hydrogens (tertiary/aromatic N) is 3. The molecule has 100 valence electrons. The minimum absolute atomic E-state index is 0.0407. The van der Waals surface area contributed by atoms with Crippen LogP contribution in [0, 0.1) is 5.92 Å². The third-order valence-electron chi connectivity index (χ3n) is 2.80. The maximum absolute atomic E-state index is 12.2. The fourth-order valence-electron chi connectivity index (χ4n) is 1.67. The molecule has 0 radical (unpaired) electrons. The summed E-state index contributed by atoms with van der Waals surface area (Å²) in [5, 5.41) is 0. The van der Waals surface area contributed by atoms with Crippen molar-refractivity contribution in [2.75, 3.05) is 18.5 Å². The Hall–Kier alpha value is -1.43. The monoisotopic (exact) mass is 268 g/mol. The average Bonchev–Trinajstić information content (AvgIpc) is 2.28. The minimum atomic E-state index is -0.0925. The highest BCUT2D eigenvalue weighted by Crippen LogP contribution is 2.07. The van der Waals surface area contributed by atoms with Crippen molar-refractivity contribution < 1.29 is 0 Å². The SMILES string of the molecule is CC(CN(C)c1nccn(C(C)C)c1=O)C(N)=S. The lowest BCUT2D eigenvalue weighted by Gasteiger charge is -2.22. The number of rotatable bonds is 5. The molecule has 1 heterocycles. The van der Waals surface area contributed by atoms with E-state index in [1.54, 1.807) is 21.9 Å². The second-order valence-corrected chi connectivity index (χ2v) is 5.21. The zero-order chi connectivity index (χ0) is 13.9. The smallest absolute Gasteiger partial charge is 0.293 e. The molecule has 6 heteroatoms. The van der Waals surface area contributed by atoms with E-state index < -0.39 is 0 Å². The zero-order valence-electron chi connectivity index (χ0n) is 11.3. The molecule has 5 nitrogen and oxygen atoms in total. The Labute approximate surface area is 113 Å². The molecule has 0 amide bonds. The fourth-order valence-corrected chi connectivity index (χ4v) is 1.74. The fraction of sp³-hybridized carbons (Fsp3) is 0.583. The van der Waals surface area contributed by atoms with Gasteiger partial charge in [0.2, 0.25) is 0 Å². The highest BCUT2D eigenvalue weighted by molar-refractivity contribution is 7.80. The van der Waals surface area contributed by atoms with Crippen LogP contribution in [-0.2, 0) is 0 Å². The molecule has 1 rings (SSSR count). The summed E-state index contributed by atoms with van der Waals surface area (Å²) in [6.45, 7) is 6.44. The Balaban J connectivity index is 3.00. The zero-order valence-corrected chi connectivity index (χ0v) is 12.1. The molecule has 18 heavy (non-hydrogen) atoms. The third kappa shape index (κ3) is 3.29. The van der Waals surface area contributed by atoms with Crippen molar-refractivity contribution in [3.8, 4) is 0 Å². The molecule has 1 atom stereocenters. The highest BCUT2D eigenvalue weighted by Gasteiger charge is 2.15. The first kappa shape index (κ1) is 14.6. The van der Waals surface area contributed by atoms with Gasteiger partial charge in [0.15, 0.2) is 5.82 Å². The Bertz CT molecular complexity index is 483. The van der Waals surface area contributed by atoms with E-state index in [1.807, 2.05) is 27.8 Å². The van der Waals surface area contributed by atoms with Gasteiger partial charge in [-0.3, -0.25) is 4.79 Å². The maximum atomic E-state index is 12.2. The molecule has 0 saturated heterocycles. The van der Waals surface area contributed by atoms with Crippen molar-refractivity contribution in [1.82, 2.24) is 9.55 Å². The normalized spacial score (nSPS) is 12.5. The van der Waals surface area contributed by atoms with Crippen LogP contribution in [0.25, 0.3) is 0 Å². The summed E-state index contributed by atoms with van der Waals surface area (Å²) in [4.78, 5) is 18.6. The Morgan fingerprint density at radius 2 is 2.17 bits per heavy atom. The first-order valence-corrected chi connectivity index (χ1v) is 6.33. The van der Waals surface area contributed by atoms with Crippen molar-refractivity contribution in [3.63, 3.8) is 0 Å². The van der Waals surface area contributed by atoms with E-state index >= 15 is 0 Å².